The summed E-state index contributed by atoms with van der Waals surface area (Å²) in [6.07, 6.45) is 1.72. The molecule has 5 heteroatoms. The van der Waals surface area contributed by atoms with Crippen molar-refractivity contribution in [2.45, 2.75) is 9.28 Å². The number of hydrogen-bond donors (Lipinski definition) is 0. The number of benzene rings is 2. The number of carbonyl (C=O) groups excluding carboxylic acids is 1. The molecule has 1 amide bonds. The van der Waals surface area contributed by atoms with Crippen molar-refractivity contribution in [1.29, 1.82) is 0 Å². The lowest BCUT2D eigenvalue weighted by Gasteiger charge is -2.29. The second kappa shape index (κ2) is 6.39. The fourth-order valence-electron chi connectivity index (χ4n) is 3.20. The molecule has 124 valence electrons. The van der Waals surface area contributed by atoms with E-state index in [1.54, 1.807) is 11.1 Å². The molecule has 1 aromatic heterocycles. The van der Waals surface area contributed by atoms with Gasteiger partial charge in [-0.05, 0) is 17.2 Å². The van der Waals surface area contributed by atoms with E-state index in [0.717, 1.165) is 16.7 Å². The third-order valence-corrected chi connectivity index (χ3v) is 5.86. The zero-order valence-electron chi connectivity index (χ0n) is 13.1. The Balaban J connectivity index is 1.93. The normalized spacial score (nSPS) is 15.5. The predicted octanol–water partition coefficient (Wildman–Crippen LogP) is 5.16. The van der Waals surface area contributed by atoms with E-state index in [9.17, 15) is 4.79 Å². The summed E-state index contributed by atoms with van der Waals surface area (Å²) < 4.78 is -0.953. The second-order valence-electron chi connectivity index (χ2n) is 5.85. The fraction of sp³-hybridized carbons (Fsp3) is 0.100. The van der Waals surface area contributed by atoms with Crippen LogP contribution in [0.4, 0.5) is 5.82 Å². The van der Waals surface area contributed by atoms with Gasteiger partial charge in [0.05, 0.1) is 6.04 Å². The van der Waals surface area contributed by atoms with Crippen molar-refractivity contribution in [1.82, 2.24) is 4.98 Å². The van der Waals surface area contributed by atoms with Gasteiger partial charge in [-0.1, -0.05) is 98.6 Å². The molecule has 0 atom stereocenters. The molecule has 0 saturated heterocycles. The van der Waals surface area contributed by atoms with Crippen LogP contribution in [0.3, 0.4) is 0 Å². The monoisotopic (exact) mass is 456 g/mol. The second-order valence-corrected chi connectivity index (χ2v) is 9.29. The molecule has 0 spiro atoms. The number of fused-ring (bicyclic) bond motifs is 1. The molecule has 0 radical (unpaired) electrons. The maximum absolute atomic E-state index is 13.3. The highest BCUT2D eigenvalue weighted by Crippen LogP contribution is 2.52. The van der Waals surface area contributed by atoms with E-state index < -0.39 is 3.23 Å². The summed E-state index contributed by atoms with van der Waals surface area (Å²) in [6, 6.07) is 23.6. The topological polar surface area (TPSA) is 33.2 Å². The maximum atomic E-state index is 13.3. The Hall–Kier alpha value is -1.98. The Bertz CT molecular complexity index is 874. The van der Waals surface area contributed by atoms with Gasteiger partial charge in [-0.15, -0.1) is 0 Å². The van der Waals surface area contributed by atoms with Crippen LogP contribution < -0.4 is 4.90 Å². The average molecular weight is 458 g/mol. The number of alkyl halides is 2. The van der Waals surface area contributed by atoms with E-state index in [-0.39, 0.29) is 11.9 Å². The molecule has 1 aliphatic heterocycles. The van der Waals surface area contributed by atoms with Crippen LogP contribution in [-0.4, -0.2) is 10.9 Å². The maximum Gasteiger partial charge on any atom is 0.261 e. The van der Waals surface area contributed by atoms with E-state index in [4.69, 9.17) is 0 Å². The van der Waals surface area contributed by atoms with Crippen LogP contribution in [0, 0.1) is 0 Å². The number of rotatable bonds is 3. The molecular formula is C20H14Br2N2O. The quantitative estimate of drug-likeness (QED) is 0.509. The molecule has 25 heavy (non-hydrogen) atoms. The minimum Gasteiger partial charge on any atom is -0.282 e. The van der Waals surface area contributed by atoms with Gasteiger partial charge in [-0.3, -0.25) is 9.69 Å². The first kappa shape index (κ1) is 16.5. The molecule has 0 saturated carbocycles. The van der Waals surface area contributed by atoms with Crippen molar-refractivity contribution < 1.29 is 4.79 Å². The van der Waals surface area contributed by atoms with E-state index in [2.05, 4.69) is 36.8 Å². The number of nitrogens with zero attached hydrogens (tertiary/aromatic N) is 2. The van der Waals surface area contributed by atoms with Gasteiger partial charge in [0, 0.05) is 11.8 Å². The van der Waals surface area contributed by atoms with Crippen molar-refractivity contribution in [2.75, 3.05) is 4.90 Å². The highest BCUT2D eigenvalue weighted by Gasteiger charge is 2.51. The SMILES string of the molecule is O=C1N(C(c2ccccc2)c2ccccc2)c2ncccc2C1(Br)Br. The Morgan fingerprint density at radius 2 is 1.40 bits per heavy atom. The first-order valence-electron chi connectivity index (χ1n) is 7.87. The number of amides is 1. The molecule has 0 bridgehead atoms. The Kier molecular flexibility index (Phi) is 4.21. The van der Waals surface area contributed by atoms with Crippen molar-refractivity contribution in [3.05, 3.63) is 95.7 Å². The Morgan fingerprint density at radius 1 is 0.840 bits per heavy atom. The Labute approximate surface area is 163 Å². The Morgan fingerprint density at radius 3 is 1.96 bits per heavy atom. The van der Waals surface area contributed by atoms with Gasteiger partial charge in [-0.25, -0.2) is 4.98 Å². The minimum absolute atomic E-state index is 0.0843. The zero-order valence-corrected chi connectivity index (χ0v) is 16.3. The average Bonchev–Trinajstić information content (AvgIpc) is 2.85. The molecular weight excluding hydrogens is 444 g/mol. The standard InChI is InChI=1S/C20H14Br2N2O/c21-20(22)16-12-7-13-23-18(16)24(19(20)25)17(14-8-3-1-4-9-14)15-10-5-2-6-11-15/h1-13,17H. The van der Waals surface area contributed by atoms with Gasteiger partial charge in [0.2, 0.25) is 0 Å². The van der Waals surface area contributed by atoms with E-state index in [1.807, 2.05) is 72.8 Å². The van der Waals surface area contributed by atoms with Crippen LogP contribution in [-0.2, 0) is 8.03 Å². The lowest BCUT2D eigenvalue weighted by atomic mass is 9.97. The van der Waals surface area contributed by atoms with Gasteiger partial charge in [-0.2, -0.15) is 0 Å². The summed E-state index contributed by atoms with van der Waals surface area (Å²) >= 11 is 7.09. The number of hydrogen-bond acceptors (Lipinski definition) is 2. The first-order valence-corrected chi connectivity index (χ1v) is 9.46. The molecule has 0 aliphatic carbocycles. The lowest BCUT2D eigenvalue weighted by Crippen LogP contribution is -2.37. The molecule has 2 heterocycles. The number of aromatic nitrogens is 1. The van der Waals surface area contributed by atoms with Crippen molar-refractivity contribution in [3.63, 3.8) is 0 Å². The van der Waals surface area contributed by atoms with E-state index in [1.165, 1.54) is 0 Å². The summed E-state index contributed by atoms with van der Waals surface area (Å²) in [7, 11) is 0. The van der Waals surface area contributed by atoms with Crippen molar-refractivity contribution >= 4 is 43.6 Å². The molecule has 0 N–H and O–H groups in total. The van der Waals surface area contributed by atoms with E-state index in [0.29, 0.717) is 5.82 Å². The highest BCUT2D eigenvalue weighted by atomic mass is 79.9. The molecule has 3 aromatic rings. The van der Waals surface area contributed by atoms with Gasteiger partial charge in [0.1, 0.15) is 5.82 Å². The van der Waals surface area contributed by atoms with Gasteiger partial charge < -0.3 is 0 Å². The van der Waals surface area contributed by atoms with Crippen LogP contribution in [0.5, 0.6) is 0 Å². The molecule has 1 aliphatic rings. The first-order chi connectivity index (χ1) is 12.1. The van der Waals surface area contributed by atoms with Gasteiger partial charge in [0.15, 0.2) is 3.23 Å². The largest absolute Gasteiger partial charge is 0.282 e. The third-order valence-electron chi connectivity index (χ3n) is 4.33. The van der Waals surface area contributed by atoms with Crippen molar-refractivity contribution in [2.24, 2.45) is 0 Å². The molecule has 0 fully saturated rings. The van der Waals surface area contributed by atoms with Crippen molar-refractivity contribution in [3.8, 4) is 0 Å². The fourth-order valence-corrected chi connectivity index (χ4v) is 4.20. The minimum atomic E-state index is -0.953. The molecule has 2 aromatic carbocycles. The van der Waals surface area contributed by atoms with Crippen LogP contribution in [0.2, 0.25) is 0 Å². The highest BCUT2D eigenvalue weighted by molar-refractivity contribution is 9.25. The van der Waals surface area contributed by atoms with Gasteiger partial charge in [0.25, 0.3) is 5.91 Å². The molecule has 3 nitrogen and oxygen atoms in total. The number of anilines is 1. The summed E-state index contributed by atoms with van der Waals surface area (Å²) in [5.74, 6) is 0.581. The lowest BCUT2D eigenvalue weighted by molar-refractivity contribution is -0.118. The van der Waals surface area contributed by atoms with Gasteiger partial charge >= 0.3 is 0 Å². The predicted molar refractivity (Wildman–Crippen MR) is 106 cm³/mol. The summed E-state index contributed by atoms with van der Waals surface area (Å²) in [4.78, 5) is 19.5. The van der Waals surface area contributed by atoms with Crippen LogP contribution in [0.25, 0.3) is 0 Å². The molecule has 4 rings (SSSR count). The zero-order chi connectivity index (χ0) is 17.4. The van der Waals surface area contributed by atoms with Crippen LogP contribution in [0.1, 0.15) is 22.7 Å². The van der Waals surface area contributed by atoms with Crippen LogP contribution in [0.15, 0.2) is 79.0 Å². The molecule has 0 unspecified atom stereocenters. The third kappa shape index (κ3) is 2.71. The van der Waals surface area contributed by atoms with Crippen LogP contribution >= 0.6 is 31.9 Å². The number of carbonyl (C=O) groups is 1. The van der Waals surface area contributed by atoms with E-state index >= 15 is 0 Å². The summed E-state index contributed by atoms with van der Waals surface area (Å²) in [6.45, 7) is 0. The number of halogens is 2. The summed E-state index contributed by atoms with van der Waals surface area (Å²) in [5, 5.41) is 0. The summed E-state index contributed by atoms with van der Waals surface area (Å²) in [5.41, 5.74) is 2.89. The number of pyridine rings is 1. The smallest absolute Gasteiger partial charge is 0.261 e.